The van der Waals surface area contributed by atoms with E-state index >= 15 is 0 Å². The van der Waals surface area contributed by atoms with E-state index in [0.29, 0.717) is 31.7 Å². The monoisotopic (exact) mass is 418 g/mol. The number of hydrogen-bond acceptors (Lipinski definition) is 3. The molecule has 0 N–H and O–H groups in total. The van der Waals surface area contributed by atoms with E-state index in [2.05, 4.69) is 9.88 Å². The van der Waals surface area contributed by atoms with Gasteiger partial charge in [0.25, 0.3) is 5.91 Å². The third-order valence-corrected chi connectivity index (χ3v) is 5.66. The Morgan fingerprint density at radius 2 is 1.68 bits per heavy atom. The second-order valence-corrected chi connectivity index (χ2v) is 7.52. The van der Waals surface area contributed by atoms with Crippen LogP contribution >= 0.6 is 0 Å². The predicted octanol–water partition coefficient (Wildman–Crippen LogP) is 4.27. The summed E-state index contributed by atoms with van der Waals surface area (Å²) in [5, 5.41) is 0.848. The Labute approximate surface area is 178 Å². The molecule has 1 aliphatic heterocycles. The van der Waals surface area contributed by atoms with Gasteiger partial charge in [-0.25, -0.2) is 13.8 Å². The highest BCUT2D eigenvalue weighted by atomic mass is 19.1. The highest BCUT2D eigenvalue weighted by Crippen LogP contribution is 2.24. The molecule has 0 bridgehead atoms. The van der Waals surface area contributed by atoms with Gasteiger partial charge < -0.3 is 9.80 Å². The number of fused-ring (bicyclic) bond motifs is 1. The van der Waals surface area contributed by atoms with Gasteiger partial charge in [-0.05, 0) is 60.7 Å². The average Bonchev–Trinajstić information content (AvgIpc) is 3.23. The fourth-order valence-electron chi connectivity index (χ4n) is 4.02. The van der Waals surface area contributed by atoms with Crippen molar-refractivity contribution in [2.75, 3.05) is 31.1 Å². The number of nitrogens with zero attached hydrogens (tertiary/aromatic N) is 4. The lowest BCUT2D eigenvalue weighted by atomic mass is 10.1. The van der Waals surface area contributed by atoms with E-state index < -0.39 is 5.82 Å². The average molecular weight is 418 g/mol. The molecule has 2 aromatic carbocycles. The van der Waals surface area contributed by atoms with Gasteiger partial charge in [0.2, 0.25) is 0 Å². The fourth-order valence-corrected chi connectivity index (χ4v) is 4.02. The number of hydrogen-bond donors (Lipinski definition) is 0. The van der Waals surface area contributed by atoms with Crippen LogP contribution in [0.5, 0.6) is 0 Å². The first kappa shape index (κ1) is 19.2. The van der Waals surface area contributed by atoms with Gasteiger partial charge in [-0.2, -0.15) is 0 Å². The van der Waals surface area contributed by atoms with Gasteiger partial charge in [-0.3, -0.25) is 9.36 Å². The summed E-state index contributed by atoms with van der Waals surface area (Å²) in [4.78, 5) is 21.1. The SMILES string of the molecule is O=C(c1ccc2c(ccn2-c2ncccc2F)c1)N1CCN(c2ccc(F)cc2)CC1. The largest absolute Gasteiger partial charge is 0.368 e. The normalized spacial score (nSPS) is 14.3. The van der Waals surface area contributed by atoms with Crippen molar-refractivity contribution < 1.29 is 13.6 Å². The van der Waals surface area contributed by atoms with E-state index in [1.165, 1.54) is 18.2 Å². The van der Waals surface area contributed by atoms with Crippen LogP contribution in [-0.2, 0) is 0 Å². The summed E-state index contributed by atoms with van der Waals surface area (Å²) in [5.74, 6) is -0.460. The van der Waals surface area contributed by atoms with Crippen molar-refractivity contribution in [3.05, 3.63) is 90.3 Å². The van der Waals surface area contributed by atoms with Crippen molar-refractivity contribution in [1.29, 1.82) is 0 Å². The van der Waals surface area contributed by atoms with Crippen molar-refractivity contribution in [2.45, 2.75) is 0 Å². The Bertz CT molecular complexity index is 1240. The lowest BCUT2D eigenvalue weighted by Gasteiger charge is -2.36. The summed E-state index contributed by atoms with van der Waals surface area (Å²) in [5.41, 5.74) is 2.34. The van der Waals surface area contributed by atoms with Crippen molar-refractivity contribution in [3.8, 4) is 5.82 Å². The predicted molar refractivity (Wildman–Crippen MR) is 116 cm³/mol. The molecule has 0 aliphatic carbocycles. The molecule has 1 saturated heterocycles. The lowest BCUT2D eigenvalue weighted by molar-refractivity contribution is 0.0747. The third-order valence-electron chi connectivity index (χ3n) is 5.66. The smallest absolute Gasteiger partial charge is 0.253 e. The standard InChI is InChI=1S/C24H20F2N4O/c25-19-4-6-20(7-5-19)28-12-14-29(15-13-28)24(31)18-3-8-22-17(16-18)9-11-30(22)23-21(26)2-1-10-27-23/h1-11,16H,12-15H2. The first-order valence-electron chi connectivity index (χ1n) is 10.1. The Morgan fingerprint density at radius 3 is 2.42 bits per heavy atom. The van der Waals surface area contributed by atoms with Crippen LogP contribution < -0.4 is 4.90 Å². The van der Waals surface area contributed by atoms with Crippen molar-refractivity contribution in [2.24, 2.45) is 0 Å². The highest BCUT2D eigenvalue weighted by Gasteiger charge is 2.23. The van der Waals surface area contributed by atoms with Crippen LogP contribution in [0.3, 0.4) is 0 Å². The van der Waals surface area contributed by atoms with E-state index in [9.17, 15) is 13.6 Å². The summed E-state index contributed by atoms with van der Waals surface area (Å²) in [6.45, 7) is 2.56. The molecule has 5 nitrogen and oxygen atoms in total. The van der Waals surface area contributed by atoms with Crippen LogP contribution in [0.1, 0.15) is 10.4 Å². The van der Waals surface area contributed by atoms with Crippen LogP contribution in [-0.4, -0.2) is 46.5 Å². The summed E-state index contributed by atoms with van der Waals surface area (Å²) >= 11 is 0. The Kier molecular flexibility index (Phi) is 4.86. The topological polar surface area (TPSA) is 41.4 Å². The van der Waals surface area contributed by atoms with E-state index in [4.69, 9.17) is 0 Å². The molecular formula is C24H20F2N4O. The molecule has 156 valence electrons. The van der Waals surface area contributed by atoms with E-state index in [1.807, 2.05) is 23.1 Å². The number of anilines is 1. The Balaban J connectivity index is 1.33. The second-order valence-electron chi connectivity index (χ2n) is 7.52. The van der Waals surface area contributed by atoms with Crippen molar-refractivity contribution in [3.63, 3.8) is 0 Å². The maximum absolute atomic E-state index is 14.1. The number of pyridine rings is 1. The zero-order valence-corrected chi connectivity index (χ0v) is 16.7. The first-order chi connectivity index (χ1) is 15.1. The molecular weight excluding hydrogens is 398 g/mol. The number of piperazine rings is 1. The molecule has 0 atom stereocenters. The number of halogens is 2. The minimum absolute atomic E-state index is 0.0302. The molecule has 0 unspecified atom stereocenters. The van der Waals surface area contributed by atoms with Crippen molar-refractivity contribution >= 4 is 22.5 Å². The van der Waals surface area contributed by atoms with Gasteiger partial charge >= 0.3 is 0 Å². The Hall–Kier alpha value is -3.74. The molecule has 31 heavy (non-hydrogen) atoms. The highest BCUT2D eigenvalue weighted by molar-refractivity contribution is 5.98. The summed E-state index contributed by atoms with van der Waals surface area (Å²) in [6.07, 6.45) is 3.31. The number of benzene rings is 2. The number of carbonyl (C=O) groups is 1. The number of carbonyl (C=O) groups excluding carboxylic acids is 1. The minimum Gasteiger partial charge on any atom is -0.368 e. The molecule has 1 amide bonds. The molecule has 2 aromatic heterocycles. The van der Waals surface area contributed by atoms with Crippen LogP contribution in [0.2, 0.25) is 0 Å². The van der Waals surface area contributed by atoms with Crippen LogP contribution in [0, 0.1) is 11.6 Å². The number of aromatic nitrogens is 2. The maximum Gasteiger partial charge on any atom is 0.253 e. The van der Waals surface area contributed by atoms with Gasteiger partial charge in [0.1, 0.15) is 5.82 Å². The van der Waals surface area contributed by atoms with Gasteiger partial charge in [-0.15, -0.1) is 0 Å². The van der Waals surface area contributed by atoms with Crippen molar-refractivity contribution in [1.82, 2.24) is 14.5 Å². The molecule has 0 spiro atoms. The molecule has 1 fully saturated rings. The number of rotatable bonds is 3. The summed E-state index contributed by atoms with van der Waals surface area (Å²) in [7, 11) is 0. The van der Waals surface area contributed by atoms with E-state index in [1.54, 1.807) is 41.2 Å². The molecule has 0 radical (unpaired) electrons. The molecule has 4 aromatic rings. The summed E-state index contributed by atoms with van der Waals surface area (Å²) in [6, 6.07) is 16.6. The maximum atomic E-state index is 14.1. The second kappa shape index (κ2) is 7.83. The van der Waals surface area contributed by atoms with E-state index in [0.717, 1.165) is 16.6 Å². The van der Waals surface area contributed by atoms with Gasteiger partial charge in [-0.1, -0.05) is 0 Å². The van der Waals surface area contributed by atoms with Crippen LogP contribution in [0.25, 0.3) is 16.7 Å². The van der Waals surface area contributed by atoms with Crippen LogP contribution in [0.4, 0.5) is 14.5 Å². The van der Waals surface area contributed by atoms with Gasteiger partial charge in [0.05, 0.1) is 5.52 Å². The lowest BCUT2D eigenvalue weighted by Crippen LogP contribution is -2.48. The van der Waals surface area contributed by atoms with Gasteiger partial charge in [0, 0.05) is 55.2 Å². The van der Waals surface area contributed by atoms with Crippen LogP contribution in [0.15, 0.2) is 73.1 Å². The zero-order chi connectivity index (χ0) is 21.4. The number of amides is 1. The van der Waals surface area contributed by atoms with Gasteiger partial charge in [0.15, 0.2) is 11.6 Å². The minimum atomic E-state index is -0.404. The zero-order valence-electron chi connectivity index (χ0n) is 16.7. The molecule has 5 rings (SSSR count). The first-order valence-corrected chi connectivity index (χ1v) is 10.1. The molecule has 7 heteroatoms. The molecule has 1 aliphatic rings. The quantitative estimate of drug-likeness (QED) is 0.499. The van der Waals surface area contributed by atoms with E-state index in [-0.39, 0.29) is 17.5 Å². The Morgan fingerprint density at radius 1 is 0.903 bits per heavy atom. The summed E-state index contributed by atoms with van der Waals surface area (Å²) < 4.78 is 29.0. The fraction of sp³-hybridized carbons (Fsp3) is 0.167. The molecule has 3 heterocycles. The molecule has 0 saturated carbocycles. The third kappa shape index (κ3) is 3.63.